The molecular formula is C42H40O12. The Morgan fingerprint density at radius 3 is 1.46 bits per heavy atom. The number of hydrogen-bond acceptors (Lipinski definition) is 12. The maximum absolute atomic E-state index is 12.8. The number of unbranched alkanes of at least 4 members (excludes halogenated alkanes) is 2. The Labute approximate surface area is 312 Å². The summed E-state index contributed by atoms with van der Waals surface area (Å²) in [6.07, 6.45) is 4.57. The molecule has 0 saturated heterocycles. The van der Waals surface area contributed by atoms with Gasteiger partial charge in [0.05, 0.1) is 50.2 Å². The lowest BCUT2D eigenvalue weighted by molar-refractivity contribution is -0.138. The highest BCUT2D eigenvalue weighted by Crippen LogP contribution is 2.29. The van der Waals surface area contributed by atoms with Crippen LogP contribution in [0.5, 0.6) is 23.0 Å². The number of methoxy groups -OCH3 is 1. The van der Waals surface area contributed by atoms with Gasteiger partial charge < -0.3 is 33.2 Å². The summed E-state index contributed by atoms with van der Waals surface area (Å²) >= 11 is 0. The van der Waals surface area contributed by atoms with Crippen molar-refractivity contribution in [1.82, 2.24) is 0 Å². The Hall–Kier alpha value is -6.69. The maximum Gasteiger partial charge on any atom is 0.343 e. The summed E-state index contributed by atoms with van der Waals surface area (Å²) in [5, 5.41) is 0. The zero-order valence-corrected chi connectivity index (χ0v) is 29.8. The first kappa shape index (κ1) is 40.1. The van der Waals surface area contributed by atoms with Crippen LogP contribution in [0.2, 0.25) is 0 Å². The van der Waals surface area contributed by atoms with E-state index in [1.165, 1.54) is 37.4 Å². The molecule has 280 valence electrons. The van der Waals surface area contributed by atoms with Crippen LogP contribution in [0, 0.1) is 0 Å². The summed E-state index contributed by atoms with van der Waals surface area (Å²) in [6, 6.07) is 24.4. The number of carbonyl (C=O) groups is 5. The highest BCUT2D eigenvalue weighted by Gasteiger charge is 2.15. The van der Waals surface area contributed by atoms with Crippen LogP contribution in [-0.4, -0.2) is 63.4 Å². The maximum atomic E-state index is 12.8. The minimum atomic E-state index is -0.633. The molecule has 0 spiro atoms. The average molecular weight is 737 g/mol. The second-order valence-electron chi connectivity index (χ2n) is 11.4. The van der Waals surface area contributed by atoms with Gasteiger partial charge in [-0.15, -0.1) is 0 Å². The molecule has 4 aromatic carbocycles. The third-order valence-electron chi connectivity index (χ3n) is 7.61. The molecule has 0 saturated carbocycles. The fraction of sp³-hybridized carbons (Fsp3) is 0.214. The fourth-order valence-corrected chi connectivity index (χ4v) is 4.72. The Bertz CT molecular complexity index is 1910. The topological polar surface area (TPSA) is 150 Å². The van der Waals surface area contributed by atoms with E-state index in [9.17, 15) is 24.0 Å². The van der Waals surface area contributed by atoms with Crippen molar-refractivity contribution in [2.24, 2.45) is 0 Å². The lowest BCUT2D eigenvalue weighted by Crippen LogP contribution is -2.11. The molecule has 0 unspecified atom stereocenters. The molecule has 0 atom stereocenters. The van der Waals surface area contributed by atoms with Crippen molar-refractivity contribution in [3.05, 3.63) is 133 Å². The molecule has 0 fully saturated rings. The van der Waals surface area contributed by atoms with Crippen molar-refractivity contribution in [2.45, 2.75) is 25.7 Å². The standard InChI is InChI=1S/C42H40O12/c1-4-38(43)50-25-7-6-24-49-36-23-18-33(28-37(36)48-3)42(47)54-35-21-16-32(17-22-35)41(46)53-34-19-14-30(15-20-34)29-10-12-31(13-11-29)40(45)52-27-9-8-26-51-39(44)5-2/h4-5,10-23,28H,1-2,6-9,24-27H2,3H3. The molecule has 0 aliphatic heterocycles. The minimum Gasteiger partial charge on any atom is -0.493 e. The van der Waals surface area contributed by atoms with E-state index in [0.717, 1.165) is 23.3 Å². The van der Waals surface area contributed by atoms with Crippen LogP contribution in [0.15, 0.2) is 116 Å². The van der Waals surface area contributed by atoms with E-state index in [2.05, 4.69) is 13.2 Å². The van der Waals surface area contributed by atoms with Gasteiger partial charge in [-0.2, -0.15) is 0 Å². The van der Waals surface area contributed by atoms with E-state index in [1.807, 2.05) is 0 Å². The van der Waals surface area contributed by atoms with Crippen LogP contribution in [0.4, 0.5) is 0 Å². The molecule has 0 amide bonds. The number of rotatable bonds is 20. The summed E-state index contributed by atoms with van der Waals surface area (Å²) < 4.78 is 37.2. The van der Waals surface area contributed by atoms with Gasteiger partial charge in [0.2, 0.25) is 0 Å². The van der Waals surface area contributed by atoms with Crippen LogP contribution < -0.4 is 18.9 Å². The fourth-order valence-electron chi connectivity index (χ4n) is 4.72. The first-order valence-corrected chi connectivity index (χ1v) is 17.0. The van der Waals surface area contributed by atoms with Crippen molar-refractivity contribution in [1.29, 1.82) is 0 Å². The number of benzene rings is 4. The van der Waals surface area contributed by atoms with Gasteiger partial charge in [-0.3, -0.25) is 0 Å². The van der Waals surface area contributed by atoms with E-state index >= 15 is 0 Å². The van der Waals surface area contributed by atoms with E-state index in [4.69, 9.17) is 33.2 Å². The first-order valence-electron chi connectivity index (χ1n) is 17.0. The predicted molar refractivity (Wildman–Crippen MR) is 198 cm³/mol. The third-order valence-corrected chi connectivity index (χ3v) is 7.61. The molecular weight excluding hydrogens is 696 g/mol. The minimum absolute atomic E-state index is 0.203. The van der Waals surface area contributed by atoms with Gasteiger partial charge in [-0.1, -0.05) is 37.4 Å². The predicted octanol–water partition coefficient (Wildman–Crippen LogP) is 7.36. The van der Waals surface area contributed by atoms with E-state index < -0.39 is 29.8 Å². The molecule has 0 aliphatic carbocycles. The molecule has 12 heteroatoms. The van der Waals surface area contributed by atoms with E-state index in [-0.39, 0.29) is 36.7 Å². The summed E-state index contributed by atoms with van der Waals surface area (Å²) in [5.74, 6) is -1.30. The smallest absolute Gasteiger partial charge is 0.343 e. The summed E-state index contributed by atoms with van der Waals surface area (Å²) in [6.45, 7) is 7.72. The molecule has 0 N–H and O–H groups in total. The Balaban J connectivity index is 1.22. The zero-order valence-electron chi connectivity index (χ0n) is 29.8. The SMILES string of the molecule is C=CC(=O)OCCCCOC(=O)c1ccc(-c2ccc(OC(=O)c3ccc(OC(=O)c4ccc(OCCCCOC(=O)C=C)c(OC)c4)cc3)cc2)cc1. The Morgan fingerprint density at radius 1 is 0.500 bits per heavy atom. The largest absolute Gasteiger partial charge is 0.493 e. The monoisotopic (exact) mass is 736 g/mol. The van der Waals surface area contributed by atoms with E-state index in [1.54, 1.807) is 60.7 Å². The van der Waals surface area contributed by atoms with Crippen LogP contribution in [0.25, 0.3) is 11.1 Å². The van der Waals surface area contributed by atoms with Crippen LogP contribution in [0.3, 0.4) is 0 Å². The van der Waals surface area contributed by atoms with Crippen molar-refractivity contribution in [2.75, 3.05) is 33.5 Å². The number of carbonyl (C=O) groups excluding carboxylic acids is 5. The summed E-state index contributed by atoms with van der Waals surface area (Å²) in [4.78, 5) is 60.1. The van der Waals surface area contributed by atoms with Gasteiger partial charge in [0, 0.05) is 12.2 Å². The van der Waals surface area contributed by atoms with Gasteiger partial charge in [-0.05, 0) is 104 Å². The Morgan fingerprint density at radius 2 is 0.926 bits per heavy atom. The molecule has 0 radical (unpaired) electrons. The molecule has 12 nitrogen and oxygen atoms in total. The second kappa shape index (κ2) is 21.0. The first-order chi connectivity index (χ1) is 26.2. The van der Waals surface area contributed by atoms with Crippen molar-refractivity contribution >= 4 is 29.8 Å². The summed E-state index contributed by atoms with van der Waals surface area (Å²) in [7, 11) is 1.46. The lowest BCUT2D eigenvalue weighted by Gasteiger charge is -2.12. The molecule has 0 heterocycles. The second-order valence-corrected chi connectivity index (χ2v) is 11.4. The van der Waals surface area contributed by atoms with Crippen LogP contribution >= 0.6 is 0 Å². The molecule has 54 heavy (non-hydrogen) atoms. The van der Waals surface area contributed by atoms with Gasteiger partial charge in [-0.25, -0.2) is 24.0 Å². The highest BCUT2D eigenvalue weighted by atomic mass is 16.6. The average Bonchev–Trinajstić information content (AvgIpc) is 3.20. The number of hydrogen-bond donors (Lipinski definition) is 0. The third kappa shape index (κ3) is 12.5. The lowest BCUT2D eigenvalue weighted by atomic mass is 10.0. The number of ether oxygens (including phenoxy) is 7. The summed E-state index contributed by atoms with van der Waals surface area (Å²) in [5.41, 5.74) is 2.57. The molecule has 4 rings (SSSR count). The molecule has 0 aromatic heterocycles. The number of esters is 5. The molecule has 0 aliphatic rings. The van der Waals surface area contributed by atoms with Crippen molar-refractivity contribution in [3.63, 3.8) is 0 Å². The Kier molecular flexibility index (Phi) is 15.6. The van der Waals surface area contributed by atoms with E-state index in [0.29, 0.717) is 55.1 Å². The van der Waals surface area contributed by atoms with Gasteiger partial charge in [0.15, 0.2) is 11.5 Å². The van der Waals surface area contributed by atoms with Crippen LogP contribution in [-0.2, 0) is 23.8 Å². The van der Waals surface area contributed by atoms with Gasteiger partial charge in [0.1, 0.15) is 11.5 Å². The zero-order chi connectivity index (χ0) is 38.7. The van der Waals surface area contributed by atoms with Crippen molar-refractivity contribution in [3.8, 4) is 34.1 Å². The van der Waals surface area contributed by atoms with Gasteiger partial charge in [0.25, 0.3) is 0 Å². The van der Waals surface area contributed by atoms with Gasteiger partial charge >= 0.3 is 29.8 Å². The molecule has 4 aromatic rings. The van der Waals surface area contributed by atoms with Crippen molar-refractivity contribution < 1.29 is 57.1 Å². The highest BCUT2D eigenvalue weighted by molar-refractivity contribution is 5.93. The normalized spacial score (nSPS) is 10.3. The molecule has 0 bridgehead atoms. The quantitative estimate of drug-likeness (QED) is 0.0293. The van der Waals surface area contributed by atoms with Crippen LogP contribution in [0.1, 0.15) is 56.8 Å².